The number of rotatable bonds is 3. The summed E-state index contributed by atoms with van der Waals surface area (Å²) in [6.45, 7) is 6.59. The summed E-state index contributed by atoms with van der Waals surface area (Å²) in [6.07, 6.45) is 2.24. The molecule has 24 heavy (non-hydrogen) atoms. The summed E-state index contributed by atoms with van der Waals surface area (Å²) in [5.74, 6) is 0. The van der Waals surface area contributed by atoms with Crippen molar-refractivity contribution in [2.75, 3.05) is 19.6 Å². The first-order valence-corrected chi connectivity index (χ1v) is 9.20. The molecule has 3 aromatic rings. The van der Waals surface area contributed by atoms with Gasteiger partial charge in [0.05, 0.1) is 5.52 Å². The lowest BCUT2D eigenvalue weighted by molar-refractivity contribution is 0.302. The van der Waals surface area contributed by atoms with Crippen LogP contribution in [-0.2, 0) is 19.4 Å². The minimum atomic E-state index is 0.819. The molecular formula is C21H23ClN2. The van der Waals surface area contributed by atoms with Gasteiger partial charge < -0.3 is 9.47 Å². The highest BCUT2D eigenvalue weighted by Crippen LogP contribution is 2.32. The zero-order valence-electron chi connectivity index (χ0n) is 14.1. The predicted octanol–water partition coefficient (Wildman–Crippen LogP) is 4.76. The van der Waals surface area contributed by atoms with Crippen molar-refractivity contribution in [1.29, 1.82) is 0 Å². The van der Waals surface area contributed by atoms with E-state index in [4.69, 9.17) is 11.6 Å². The molecule has 2 aromatic carbocycles. The maximum atomic E-state index is 6.31. The van der Waals surface area contributed by atoms with E-state index in [1.54, 1.807) is 0 Å². The van der Waals surface area contributed by atoms with Crippen molar-refractivity contribution in [2.45, 2.75) is 26.3 Å². The van der Waals surface area contributed by atoms with Crippen molar-refractivity contribution < 1.29 is 0 Å². The number of hydrogen-bond donors (Lipinski definition) is 0. The van der Waals surface area contributed by atoms with E-state index in [9.17, 15) is 0 Å². The molecule has 0 atom stereocenters. The molecule has 0 fully saturated rings. The number of likely N-dealkylation sites (N-methyl/N-ethyl adjacent to an activating group) is 1. The second-order valence-corrected chi connectivity index (χ2v) is 7.03. The smallest absolute Gasteiger partial charge is 0.0503 e. The third-order valence-electron chi connectivity index (χ3n) is 5.22. The van der Waals surface area contributed by atoms with E-state index in [2.05, 4.69) is 58.9 Å². The highest BCUT2D eigenvalue weighted by molar-refractivity contribution is 6.31. The maximum absolute atomic E-state index is 6.31. The van der Waals surface area contributed by atoms with Gasteiger partial charge in [0, 0.05) is 42.2 Å². The number of halogens is 1. The molecule has 2 heterocycles. The van der Waals surface area contributed by atoms with Gasteiger partial charge in [0.25, 0.3) is 0 Å². The molecule has 0 radical (unpaired) electrons. The number of aromatic nitrogens is 1. The van der Waals surface area contributed by atoms with Crippen LogP contribution in [0.5, 0.6) is 0 Å². The van der Waals surface area contributed by atoms with Gasteiger partial charge in [-0.15, -0.1) is 0 Å². The molecule has 3 heteroatoms. The number of fused-ring (bicyclic) bond motifs is 3. The van der Waals surface area contributed by atoms with Gasteiger partial charge in [-0.3, -0.25) is 0 Å². The Morgan fingerprint density at radius 1 is 1.00 bits per heavy atom. The van der Waals surface area contributed by atoms with Crippen LogP contribution in [0, 0.1) is 0 Å². The fourth-order valence-corrected chi connectivity index (χ4v) is 4.09. The highest BCUT2D eigenvalue weighted by Gasteiger charge is 2.21. The van der Waals surface area contributed by atoms with E-state index < -0.39 is 0 Å². The van der Waals surface area contributed by atoms with Crippen LogP contribution in [0.25, 0.3) is 10.9 Å². The first-order chi connectivity index (χ1) is 11.8. The normalized spacial score (nSPS) is 15.4. The zero-order chi connectivity index (χ0) is 16.5. The van der Waals surface area contributed by atoms with Crippen molar-refractivity contribution >= 4 is 22.5 Å². The van der Waals surface area contributed by atoms with Gasteiger partial charge >= 0.3 is 0 Å². The van der Waals surface area contributed by atoms with Gasteiger partial charge in [0.2, 0.25) is 0 Å². The van der Waals surface area contributed by atoms with Crippen molar-refractivity contribution in [1.82, 2.24) is 9.47 Å². The van der Waals surface area contributed by atoms with Gasteiger partial charge in [-0.25, -0.2) is 0 Å². The van der Waals surface area contributed by atoms with Gasteiger partial charge in [0.1, 0.15) is 0 Å². The Labute approximate surface area is 148 Å². The lowest BCUT2D eigenvalue weighted by Crippen LogP contribution is -2.26. The van der Waals surface area contributed by atoms with Gasteiger partial charge in [-0.1, -0.05) is 54.9 Å². The van der Waals surface area contributed by atoms with Crippen LogP contribution in [0.4, 0.5) is 0 Å². The van der Waals surface area contributed by atoms with Gasteiger partial charge in [0.15, 0.2) is 0 Å². The summed E-state index contributed by atoms with van der Waals surface area (Å²) in [6, 6.07) is 17.1. The third-order valence-corrected chi connectivity index (χ3v) is 5.46. The summed E-state index contributed by atoms with van der Waals surface area (Å²) in [5.41, 5.74) is 5.63. The van der Waals surface area contributed by atoms with E-state index in [1.807, 2.05) is 6.07 Å². The molecular weight excluding hydrogens is 316 g/mol. The Morgan fingerprint density at radius 3 is 2.58 bits per heavy atom. The molecule has 0 saturated heterocycles. The fraction of sp³-hybridized carbons (Fsp3) is 0.333. The predicted molar refractivity (Wildman–Crippen MR) is 102 cm³/mol. The van der Waals surface area contributed by atoms with E-state index in [1.165, 1.54) is 27.7 Å². The lowest BCUT2D eigenvalue weighted by atomic mass is 10.1. The summed E-state index contributed by atoms with van der Waals surface area (Å²) in [7, 11) is 0. The van der Waals surface area contributed by atoms with E-state index in [0.29, 0.717) is 0 Å². The van der Waals surface area contributed by atoms with Crippen LogP contribution in [-0.4, -0.2) is 29.1 Å². The first-order valence-electron chi connectivity index (χ1n) is 8.82. The Hall–Kier alpha value is -1.77. The summed E-state index contributed by atoms with van der Waals surface area (Å²) in [5, 5.41) is 2.20. The quantitative estimate of drug-likeness (QED) is 0.668. The van der Waals surface area contributed by atoms with Crippen molar-refractivity contribution in [2.24, 2.45) is 0 Å². The standard InChI is InChI=1S/C21H23ClN2/c1-2-23-12-10-19-18-9-8-17(22)14-21(18)24(20(19)11-13-23)15-16-6-4-3-5-7-16/h3-9,14H,2,10-13,15H2,1H3. The highest BCUT2D eigenvalue weighted by atomic mass is 35.5. The minimum absolute atomic E-state index is 0.819. The lowest BCUT2D eigenvalue weighted by Gasteiger charge is -2.17. The first kappa shape index (κ1) is 15.7. The Bertz CT molecular complexity index is 851. The molecule has 1 aliphatic rings. The summed E-state index contributed by atoms with van der Waals surface area (Å²) in [4.78, 5) is 2.55. The molecule has 2 nitrogen and oxygen atoms in total. The molecule has 124 valence electrons. The number of hydrogen-bond acceptors (Lipinski definition) is 1. The second-order valence-electron chi connectivity index (χ2n) is 6.59. The van der Waals surface area contributed by atoms with Crippen LogP contribution in [0.3, 0.4) is 0 Å². The summed E-state index contributed by atoms with van der Waals surface area (Å²) < 4.78 is 2.49. The SMILES string of the molecule is CCN1CCc2c(n(Cc3ccccc3)c3cc(Cl)ccc23)CC1. The van der Waals surface area contributed by atoms with E-state index in [0.717, 1.165) is 44.0 Å². The van der Waals surface area contributed by atoms with Crippen LogP contribution in [0.2, 0.25) is 5.02 Å². The maximum Gasteiger partial charge on any atom is 0.0503 e. The fourth-order valence-electron chi connectivity index (χ4n) is 3.92. The van der Waals surface area contributed by atoms with Gasteiger partial charge in [-0.05, 0) is 36.2 Å². The van der Waals surface area contributed by atoms with Gasteiger partial charge in [-0.2, -0.15) is 0 Å². The largest absolute Gasteiger partial charge is 0.340 e. The van der Waals surface area contributed by atoms with Crippen molar-refractivity contribution in [3.05, 3.63) is 70.4 Å². The molecule has 4 rings (SSSR count). The topological polar surface area (TPSA) is 8.17 Å². The van der Waals surface area contributed by atoms with Crippen LogP contribution >= 0.6 is 11.6 Å². The zero-order valence-corrected chi connectivity index (χ0v) is 14.9. The van der Waals surface area contributed by atoms with Crippen LogP contribution in [0.1, 0.15) is 23.7 Å². The second kappa shape index (κ2) is 6.62. The van der Waals surface area contributed by atoms with E-state index >= 15 is 0 Å². The molecule has 1 aliphatic heterocycles. The third kappa shape index (κ3) is 2.85. The van der Waals surface area contributed by atoms with Crippen molar-refractivity contribution in [3.63, 3.8) is 0 Å². The molecule has 0 saturated carbocycles. The number of nitrogens with zero attached hydrogens (tertiary/aromatic N) is 2. The molecule has 0 unspecified atom stereocenters. The Balaban J connectivity index is 1.85. The molecule has 0 N–H and O–H groups in total. The Kier molecular flexibility index (Phi) is 4.34. The minimum Gasteiger partial charge on any atom is -0.340 e. The molecule has 0 amide bonds. The number of benzene rings is 2. The Morgan fingerprint density at radius 2 is 1.79 bits per heavy atom. The average molecular weight is 339 g/mol. The molecule has 0 bridgehead atoms. The monoisotopic (exact) mass is 338 g/mol. The summed E-state index contributed by atoms with van der Waals surface area (Å²) >= 11 is 6.31. The molecule has 0 aliphatic carbocycles. The molecule has 0 spiro atoms. The average Bonchev–Trinajstić information content (AvgIpc) is 2.76. The van der Waals surface area contributed by atoms with E-state index in [-0.39, 0.29) is 0 Å². The van der Waals surface area contributed by atoms with Crippen LogP contribution in [0.15, 0.2) is 48.5 Å². The van der Waals surface area contributed by atoms with Crippen LogP contribution < -0.4 is 0 Å². The molecule has 1 aromatic heterocycles. The van der Waals surface area contributed by atoms with Crippen molar-refractivity contribution in [3.8, 4) is 0 Å².